The van der Waals surface area contributed by atoms with Gasteiger partial charge in [-0.25, -0.2) is 9.78 Å². The van der Waals surface area contributed by atoms with Crippen LogP contribution in [0.4, 0.5) is 10.6 Å². The predicted molar refractivity (Wildman–Crippen MR) is 75.7 cm³/mol. The number of likely N-dealkylation sites (tertiary alicyclic amines) is 1. The molecule has 0 atom stereocenters. The zero-order valence-corrected chi connectivity index (χ0v) is 12.3. The van der Waals surface area contributed by atoms with Crippen LogP contribution in [0.5, 0.6) is 0 Å². The largest absolute Gasteiger partial charge is 0.324 e. The molecule has 0 bridgehead atoms. The van der Waals surface area contributed by atoms with Gasteiger partial charge in [-0.15, -0.1) is 0 Å². The second kappa shape index (κ2) is 5.69. The first-order valence-electron chi connectivity index (χ1n) is 6.24. The molecule has 2 rings (SSSR count). The topological polar surface area (TPSA) is 45.2 Å². The summed E-state index contributed by atoms with van der Waals surface area (Å²) in [5.74, 6) is 1.33. The van der Waals surface area contributed by atoms with Crippen molar-refractivity contribution in [2.24, 2.45) is 5.92 Å². The lowest BCUT2D eigenvalue weighted by Crippen LogP contribution is -2.40. The number of rotatable bonds is 1. The molecule has 1 aromatic heterocycles. The number of aryl methyl sites for hydroxylation is 1. The smallest absolute Gasteiger partial charge is 0.323 e. The highest BCUT2D eigenvalue weighted by Crippen LogP contribution is 2.19. The van der Waals surface area contributed by atoms with Crippen molar-refractivity contribution in [3.05, 3.63) is 22.3 Å². The Morgan fingerprint density at radius 2 is 2.17 bits per heavy atom. The van der Waals surface area contributed by atoms with E-state index < -0.39 is 0 Å². The van der Waals surface area contributed by atoms with E-state index in [1.54, 1.807) is 6.20 Å². The molecule has 0 saturated carbocycles. The summed E-state index contributed by atoms with van der Waals surface area (Å²) in [6, 6.07) is 1.82. The molecule has 18 heavy (non-hydrogen) atoms. The number of nitrogens with zero attached hydrogens (tertiary/aromatic N) is 2. The molecule has 0 radical (unpaired) electrons. The number of halogens is 1. The number of hydrogen-bond acceptors (Lipinski definition) is 2. The predicted octanol–water partition coefficient (Wildman–Crippen LogP) is 3.42. The molecule has 5 heteroatoms. The Balaban J connectivity index is 1.96. The standard InChI is InChI=1S/C13H18BrN3O/c1-9-3-5-17(6-4-9)13(18)16-12-7-10(2)11(14)8-15-12/h7-9H,3-6H2,1-2H3,(H,15,16,18). The van der Waals surface area contributed by atoms with Gasteiger partial charge in [0.2, 0.25) is 0 Å². The van der Waals surface area contributed by atoms with Gasteiger partial charge in [-0.3, -0.25) is 5.32 Å². The summed E-state index contributed by atoms with van der Waals surface area (Å²) in [5.41, 5.74) is 1.06. The molecule has 1 saturated heterocycles. The van der Waals surface area contributed by atoms with Crippen molar-refractivity contribution in [2.75, 3.05) is 18.4 Å². The zero-order chi connectivity index (χ0) is 13.1. The summed E-state index contributed by atoms with van der Waals surface area (Å²) in [5, 5.41) is 2.85. The third-order valence-electron chi connectivity index (χ3n) is 3.35. The van der Waals surface area contributed by atoms with Crippen molar-refractivity contribution in [1.29, 1.82) is 0 Å². The monoisotopic (exact) mass is 311 g/mol. The fraction of sp³-hybridized carbons (Fsp3) is 0.538. The SMILES string of the molecule is Cc1cc(NC(=O)N2CCC(C)CC2)ncc1Br. The number of carbonyl (C=O) groups is 1. The number of urea groups is 1. The van der Waals surface area contributed by atoms with E-state index in [1.165, 1.54) is 0 Å². The van der Waals surface area contributed by atoms with Gasteiger partial charge in [0.25, 0.3) is 0 Å². The first-order valence-corrected chi connectivity index (χ1v) is 7.03. The first kappa shape index (κ1) is 13.3. The van der Waals surface area contributed by atoms with Gasteiger partial charge >= 0.3 is 6.03 Å². The van der Waals surface area contributed by atoms with Crippen molar-refractivity contribution in [2.45, 2.75) is 26.7 Å². The number of amides is 2. The Kier molecular flexibility index (Phi) is 4.22. The molecule has 2 heterocycles. The highest BCUT2D eigenvalue weighted by molar-refractivity contribution is 9.10. The van der Waals surface area contributed by atoms with Gasteiger partial charge in [-0.05, 0) is 53.2 Å². The maximum absolute atomic E-state index is 12.0. The van der Waals surface area contributed by atoms with Gasteiger partial charge in [-0.2, -0.15) is 0 Å². The van der Waals surface area contributed by atoms with Gasteiger partial charge in [0.15, 0.2) is 0 Å². The third kappa shape index (κ3) is 3.22. The highest BCUT2D eigenvalue weighted by atomic mass is 79.9. The summed E-state index contributed by atoms with van der Waals surface area (Å²) >= 11 is 3.39. The van der Waals surface area contributed by atoms with E-state index in [4.69, 9.17) is 0 Å². The van der Waals surface area contributed by atoms with Gasteiger partial charge < -0.3 is 4.90 Å². The van der Waals surface area contributed by atoms with Gasteiger partial charge in [0.1, 0.15) is 5.82 Å². The summed E-state index contributed by atoms with van der Waals surface area (Å²) < 4.78 is 0.951. The van der Waals surface area contributed by atoms with Crippen LogP contribution in [-0.4, -0.2) is 29.0 Å². The Bertz CT molecular complexity index is 442. The highest BCUT2D eigenvalue weighted by Gasteiger charge is 2.20. The number of aromatic nitrogens is 1. The minimum absolute atomic E-state index is 0.0453. The molecule has 1 N–H and O–H groups in total. The van der Waals surface area contributed by atoms with Crippen molar-refractivity contribution in [1.82, 2.24) is 9.88 Å². The molecule has 1 aromatic rings. The van der Waals surface area contributed by atoms with Crippen LogP contribution in [0.15, 0.2) is 16.7 Å². The lowest BCUT2D eigenvalue weighted by molar-refractivity contribution is 0.186. The molecule has 1 aliphatic rings. The van der Waals surface area contributed by atoms with E-state index in [0.717, 1.165) is 41.9 Å². The zero-order valence-electron chi connectivity index (χ0n) is 10.7. The number of carbonyl (C=O) groups excluding carboxylic acids is 1. The lowest BCUT2D eigenvalue weighted by Gasteiger charge is -2.30. The lowest BCUT2D eigenvalue weighted by atomic mass is 10.00. The van der Waals surface area contributed by atoms with E-state index >= 15 is 0 Å². The maximum atomic E-state index is 12.0. The Labute approximate surface area is 116 Å². The molecule has 0 aliphatic carbocycles. The fourth-order valence-corrected chi connectivity index (χ4v) is 2.22. The van der Waals surface area contributed by atoms with Crippen LogP contribution < -0.4 is 5.32 Å². The number of hydrogen-bond donors (Lipinski definition) is 1. The van der Waals surface area contributed by atoms with Gasteiger partial charge in [0, 0.05) is 23.8 Å². The Morgan fingerprint density at radius 3 is 2.78 bits per heavy atom. The summed E-state index contributed by atoms with van der Waals surface area (Å²) in [6.45, 7) is 5.88. The molecule has 0 unspecified atom stereocenters. The first-order chi connectivity index (χ1) is 8.56. The minimum atomic E-state index is -0.0453. The second-order valence-corrected chi connectivity index (χ2v) is 5.77. The molecule has 1 aliphatic heterocycles. The van der Waals surface area contributed by atoms with Crippen LogP contribution >= 0.6 is 15.9 Å². The molecule has 1 fully saturated rings. The molecular formula is C13H18BrN3O. The molecular weight excluding hydrogens is 294 g/mol. The molecule has 0 spiro atoms. The Morgan fingerprint density at radius 1 is 1.50 bits per heavy atom. The Hall–Kier alpha value is -1.10. The van der Waals surface area contributed by atoms with Crippen LogP contribution in [0, 0.1) is 12.8 Å². The van der Waals surface area contributed by atoms with Crippen molar-refractivity contribution in [3.8, 4) is 0 Å². The van der Waals surface area contributed by atoms with Crippen molar-refractivity contribution >= 4 is 27.8 Å². The van der Waals surface area contributed by atoms with Crippen LogP contribution in [0.2, 0.25) is 0 Å². The fourth-order valence-electron chi connectivity index (χ4n) is 2.01. The normalized spacial score (nSPS) is 16.7. The third-order valence-corrected chi connectivity index (χ3v) is 4.18. The summed E-state index contributed by atoms with van der Waals surface area (Å²) in [4.78, 5) is 18.1. The average molecular weight is 312 g/mol. The van der Waals surface area contributed by atoms with Crippen molar-refractivity contribution < 1.29 is 4.79 Å². The van der Waals surface area contributed by atoms with E-state index in [1.807, 2.05) is 17.9 Å². The molecule has 0 aromatic carbocycles. The van der Waals surface area contributed by atoms with Gasteiger partial charge in [0.05, 0.1) is 0 Å². The quantitative estimate of drug-likeness (QED) is 0.863. The number of nitrogens with one attached hydrogen (secondary N) is 1. The van der Waals surface area contributed by atoms with Gasteiger partial charge in [-0.1, -0.05) is 6.92 Å². The van der Waals surface area contributed by atoms with E-state index in [9.17, 15) is 4.79 Å². The van der Waals surface area contributed by atoms with E-state index in [-0.39, 0.29) is 6.03 Å². The van der Waals surface area contributed by atoms with E-state index in [2.05, 4.69) is 33.2 Å². The molecule has 4 nitrogen and oxygen atoms in total. The van der Waals surface area contributed by atoms with Crippen LogP contribution in [-0.2, 0) is 0 Å². The molecule has 98 valence electrons. The average Bonchev–Trinajstić information content (AvgIpc) is 2.34. The second-order valence-electron chi connectivity index (χ2n) is 4.92. The van der Waals surface area contributed by atoms with Crippen LogP contribution in [0.25, 0.3) is 0 Å². The van der Waals surface area contributed by atoms with Crippen LogP contribution in [0.3, 0.4) is 0 Å². The number of anilines is 1. The maximum Gasteiger partial charge on any atom is 0.323 e. The summed E-state index contributed by atoms with van der Waals surface area (Å²) in [6.07, 6.45) is 3.88. The number of pyridine rings is 1. The van der Waals surface area contributed by atoms with E-state index in [0.29, 0.717) is 5.82 Å². The number of piperidine rings is 1. The van der Waals surface area contributed by atoms with Crippen LogP contribution in [0.1, 0.15) is 25.3 Å². The minimum Gasteiger partial charge on any atom is -0.324 e. The molecule has 2 amide bonds. The van der Waals surface area contributed by atoms with Crippen molar-refractivity contribution in [3.63, 3.8) is 0 Å². The summed E-state index contributed by atoms with van der Waals surface area (Å²) in [7, 11) is 0.